The standard InChI is InChI=1S/C18H22N4O.C2HF3O2/c1-4-9-21-11-12-22(18(23)16-6-5-10-20(16)3)13-15-8-7-14(2)19-17(15)21;3-2(4,5)1(6)7/h4-8,10H,1,9,11-13H2,2-3H3;(H,6,7). The summed E-state index contributed by atoms with van der Waals surface area (Å²) in [6.07, 6.45) is -1.31. The fraction of sp³-hybridized carbons (Fsp3) is 0.350. The van der Waals surface area contributed by atoms with E-state index in [1.165, 1.54) is 0 Å². The number of anilines is 1. The lowest BCUT2D eigenvalue weighted by molar-refractivity contribution is -0.192. The first-order valence-corrected chi connectivity index (χ1v) is 9.07. The minimum absolute atomic E-state index is 0.0597. The van der Waals surface area contributed by atoms with Crippen LogP contribution in [0.5, 0.6) is 0 Å². The largest absolute Gasteiger partial charge is 0.490 e. The molecule has 162 valence electrons. The number of carboxylic acids is 1. The van der Waals surface area contributed by atoms with E-state index >= 15 is 0 Å². The second-order valence-electron chi connectivity index (χ2n) is 6.70. The molecule has 0 unspecified atom stereocenters. The van der Waals surface area contributed by atoms with Crippen LogP contribution < -0.4 is 4.90 Å². The van der Waals surface area contributed by atoms with Crippen LogP contribution in [0.4, 0.5) is 19.0 Å². The summed E-state index contributed by atoms with van der Waals surface area (Å²) in [5.41, 5.74) is 2.78. The number of pyridine rings is 1. The summed E-state index contributed by atoms with van der Waals surface area (Å²) in [5, 5.41) is 7.12. The van der Waals surface area contributed by atoms with Gasteiger partial charge < -0.3 is 19.5 Å². The highest BCUT2D eigenvalue weighted by Crippen LogP contribution is 2.24. The van der Waals surface area contributed by atoms with E-state index in [1.54, 1.807) is 0 Å². The molecular formula is C20H23F3N4O3. The molecule has 0 atom stereocenters. The van der Waals surface area contributed by atoms with Gasteiger partial charge in [0.05, 0.1) is 0 Å². The van der Waals surface area contributed by atoms with Crippen LogP contribution in [0.3, 0.4) is 0 Å². The lowest BCUT2D eigenvalue weighted by Gasteiger charge is -2.22. The van der Waals surface area contributed by atoms with Gasteiger partial charge in [-0.15, -0.1) is 6.58 Å². The smallest absolute Gasteiger partial charge is 0.475 e. The molecule has 0 aliphatic carbocycles. The maximum absolute atomic E-state index is 12.8. The second-order valence-corrected chi connectivity index (χ2v) is 6.70. The zero-order chi connectivity index (χ0) is 22.5. The SMILES string of the molecule is C=CCN1CCN(C(=O)c2cccn2C)Cc2ccc(C)nc21.O=C(O)C(F)(F)F. The van der Waals surface area contributed by atoms with Crippen molar-refractivity contribution >= 4 is 17.7 Å². The van der Waals surface area contributed by atoms with E-state index < -0.39 is 12.1 Å². The zero-order valence-corrected chi connectivity index (χ0v) is 16.7. The first kappa shape index (κ1) is 23.0. The Balaban J connectivity index is 0.000000396. The molecular weight excluding hydrogens is 401 g/mol. The van der Waals surface area contributed by atoms with Crippen molar-refractivity contribution in [1.82, 2.24) is 14.5 Å². The number of aliphatic carboxylic acids is 1. The van der Waals surface area contributed by atoms with Crippen molar-refractivity contribution in [2.45, 2.75) is 19.6 Å². The molecule has 30 heavy (non-hydrogen) atoms. The van der Waals surface area contributed by atoms with Crippen LogP contribution >= 0.6 is 0 Å². The number of alkyl halides is 3. The maximum Gasteiger partial charge on any atom is 0.490 e. The van der Waals surface area contributed by atoms with Crippen LogP contribution in [0, 0.1) is 6.92 Å². The highest BCUT2D eigenvalue weighted by atomic mass is 19.4. The minimum atomic E-state index is -5.08. The van der Waals surface area contributed by atoms with Gasteiger partial charge in [0.2, 0.25) is 0 Å². The molecule has 0 fully saturated rings. The Kier molecular flexibility index (Phi) is 7.25. The van der Waals surface area contributed by atoms with E-state index in [0.717, 1.165) is 30.2 Å². The molecule has 2 aromatic heterocycles. The normalized spacial score (nSPS) is 13.6. The number of hydrogen-bond donors (Lipinski definition) is 1. The Morgan fingerprint density at radius 2 is 1.93 bits per heavy atom. The number of aryl methyl sites for hydroxylation is 2. The molecule has 0 saturated carbocycles. The van der Waals surface area contributed by atoms with Crippen molar-refractivity contribution in [2.75, 3.05) is 24.5 Å². The Hall–Kier alpha value is -3.30. The summed E-state index contributed by atoms with van der Waals surface area (Å²) in [6.45, 7) is 8.57. The number of hydrogen-bond acceptors (Lipinski definition) is 4. The van der Waals surface area contributed by atoms with Gasteiger partial charge in [0.25, 0.3) is 5.91 Å². The van der Waals surface area contributed by atoms with E-state index in [9.17, 15) is 18.0 Å². The molecule has 3 rings (SSSR count). The third kappa shape index (κ3) is 5.62. The molecule has 3 heterocycles. The predicted molar refractivity (Wildman–Crippen MR) is 105 cm³/mol. The zero-order valence-electron chi connectivity index (χ0n) is 16.7. The number of fused-ring (bicyclic) bond motifs is 1. The van der Waals surface area contributed by atoms with Gasteiger partial charge >= 0.3 is 12.1 Å². The molecule has 1 aliphatic rings. The molecule has 2 aromatic rings. The van der Waals surface area contributed by atoms with E-state index in [-0.39, 0.29) is 5.91 Å². The summed E-state index contributed by atoms with van der Waals surface area (Å²) < 4.78 is 33.6. The lowest BCUT2D eigenvalue weighted by Crippen LogP contribution is -2.36. The van der Waals surface area contributed by atoms with Crippen LogP contribution in [0.2, 0.25) is 0 Å². The average molecular weight is 424 g/mol. The Morgan fingerprint density at radius 1 is 1.27 bits per heavy atom. The third-order valence-electron chi connectivity index (χ3n) is 4.44. The fourth-order valence-electron chi connectivity index (χ4n) is 2.95. The quantitative estimate of drug-likeness (QED) is 0.767. The van der Waals surface area contributed by atoms with Crippen LogP contribution in [-0.4, -0.2) is 57.2 Å². The van der Waals surface area contributed by atoms with Gasteiger partial charge in [-0.25, -0.2) is 9.78 Å². The van der Waals surface area contributed by atoms with Gasteiger partial charge in [0, 0.05) is 50.7 Å². The van der Waals surface area contributed by atoms with E-state index in [1.807, 2.05) is 53.9 Å². The van der Waals surface area contributed by atoms with Gasteiger partial charge in [-0.1, -0.05) is 12.1 Å². The Morgan fingerprint density at radius 3 is 2.47 bits per heavy atom. The highest BCUT2D eigenvalue weighted by molar-refractivity contribution is 5.93. The van der Waals surface area contributed by atoms with Crippen LogP contribution in [0.15, 0.2) is 43.1 Å². The maximum atomic E-state index is 12.8. The van der Waals surface area contributed by atoms with Crippen LogP contribution in [-0.2, 0) is 18.4 Å². The summed E-state index contributed by atoms with van der Waals surface area (Å²) in [6, 6.07) is 7.84. The highest BCUT2D eigenvalue weighted by Gasteiger charge is 2.38. The third-order valence-corrected chi connectivity index (χ3v) is 4.44. The number of carbonyl (C=O) groups excluding carboxylic acids is 1. The molecule has 0 spiro atoms. The van der Waals surface area contributed by atoms with Crippen LogP contribution in [0.1, 0.15) is 21.7 Å². The van der Waals surface area contributed by atoms with E-state index in [4.69, 9.17) is 9.90 Å². The van der Waals surface area contributed by atoms with Crippen molar-refractivity contribution in [3.05, 3.63) is 60.1 Å². The lowest BCUT2D eigenvalue weighted by atomic mass is 10.2. The number of amides is 1. The summed E-state index contributed by atoms with van der Waals surface area (Å²) in [4.78, 5) is 30.5. The van der Waals surface area contributed by atoms with Crippen molar-refractivity contribution in [1.29, 1.82) is 0 Å². The molecule has 0 aromatic carbocycles. The number of carbonyl (C=O) groups is 2. The fourth-order valence-corrected chi connectivity index (χ4v) is 2.95. The number of nitrogens with zero attached hydrogens (tertiary/aromatic N) is 4. The van der Waals surface area contributed by atoms with Gasteiger partial charge in [-0.3, -0.25) is 4.79 Å². The Labute approximate surface area is 172 Å². The van der Waals surface area contributed by atoms with E-state index in [2.05, 4.69) is 22.5 Å². The summed E-state index contributed by atoms with van der Waals surface area (Å²) in [5.74, 6) is -1.73. The van der Waals surface area contributed by atoms with Gasteiger partial charge in [-0.05, 0) is 25.1 Å². The molecule has 1 N–H and O–H groups in total. The van der Waals surface area contributed by atoms with E-state index in [0.29, 0.717) is 18.8 Å². The molecule has 0 bridgehead atoms. The summed E-state index contributed by atoms with van der Waals surface area (Å²) >= 11 is 0. The van der Waals surface area contributed by atoms with Crippen molar-refractivity contribution in [3.63, 3.8) is 0 Å². The average Bonchev–Trinajstić information content (AvgIpc) is 3.01. The minimum Gasteiger partial charge on any atom is -0.475 e. The molecule has 0 radical (unpaired) electrons. The van der Waals surface area contributed by atoms with Gasteiger partial charge in [0.15, 0.2) is 0 Å². The molecule has 10 heteroatoms. The van der Waals surface area contributed by atoms with Crippen molar-refractivity contribution in [3.8, 4) is 0 Å². The molecule has 7 nitrogen and oxygen atoms in total. The van der Waals surface area contributed by atoms with Crippen molar-refractivity contribution < 1.29 is 27.9 Å². The number of carboxylic acid groups (broad SMARTS) is 1. The summed E-state index contributed by atoms with van der Waals surface area (Å²) in [7, 11) is 1.90. The first-order chi connectivity index (χ1) is 14.0. The van der Waals surface area contributed by atoms with Gasteiger partial charge in [0.1, 0.15) is 11.5 Å². The molecule has 1 aliphatic heterocycles. The van der Waals surface area contributed by atoms with Gasteiger partial charge in [-0.2, -0.15) is 13.2 Å². The topological polar surface area (TPSA) is 78.7 Å². The van der Waals surface area contributed by atoms with Crippen LogP contribution in [0.25, 0.3) is 0 Å². The Bertz CT molecular complexity index is 924. The predicted octanol–water partition coefficient (Wildman–Crippen LogP) is 3.01. The number of rotatable bonds is 3. The first-order valence-electron chi connectivity index (χ1n) is 9.07. The molecule has 0 saturated heterocycles. The molecule has 1 amide bonds. The monoisotopic (exact) mass is 424 g/mol. The number of halogens is 3. The second kappa shape index (κ2) is 9.47. The van der Waals surface area contributed by atoms with Crippen molar-refractivity contribution in [2.24, 2.45) is 7.05 Å². The number of aromatic nitrogens is 2.